The number of sulfone groups is 1. The lowest BCUT2D eigenvalue weighted by Crippen LogP contribution is -2.33. The van der Waals surface area contributed by atoms with Crippen molar-refractivity contribution < 1.29 is 18.3 Å². The number of nitrogens with one attached hydrogen (secondary N) is 1. The highest BCUT2D eigenvalue weighted by Gasteiger charge is 2.10. The summed E-state index contributed by atoms with van der Waals surface area (Å²) in [5, 5.41) is 12.0. The van der Waals surface area contributed by atoms with E-state index < -0.39 is 21.8 Å². The van der Waals surface area contributed by atoms with Crippen LogP contribution in [0.25, 0.3) is 0 Å². The van der Waals surface area contributed by atoms with E-state index in [2.05, 4.69) is 5.32 Å². The van der Waals surface area contributed by atoms with Crippen LogP contribution in [0.4, 0.5) is 0 Å². The van der Waals surface area contributed by atoms with E-state index in [1.807, 2.05) is 0 Å². The van der Waals surface area contributed by atoms with Gasteiger partial charge in [-0.2, -0.15) is 0 Å². The Morgan fingerprint density at radius 2 is 2.00 bits per heavy atom. The molecule has 1 unspecified atom stereocenters. The molecule has 1 aromatic rings. The van der Waals surface area contributed by atoms with Crippen LogP contribution in [0.5, 0.6) is 0 Å². The van der Waals surface area contributed by atoms with Crippen molar-refractivity contribution in [1.82, 2.24) is 5.32 Å². The Morgan fingerprint density at radius 3 is 2.56 bits per heavy atom. The molecule has 0 aliphatic heterocycles. The van der Waals surface area contributed by atoms with Crippen LogP contribution in [0.1, 0.15) is 6.92 Å². The number of amides is 1. The van der Waals surface area contributed by atoms with Gasteiger partial charge in [-0.1, -0.05) is 18.2 Å². The van der Waals surface area contributed by atoms with E-state index in [0.717, 1.165) is 11.5 Å². The normalized spacial score (nSPS) is 13.4. The monoisotopic (exact) mass is 269 g/mol. The molecule has 1 amide bonds. The first-order valence-corrected chi connectivity index (χ1v) is 6.90. The van der Waals surface area contributed by atoms with Crippen molar-refractivity contribution in [3.63, 3.8) is 0 Å². The molecule has 0 aliphatic carbocycles. The maximum absolute atomic E-state index is 11.8. The molecule has 0 bridgehead atoms. The molecule has 18 heavy (non-hydrogen) atoms. The van der Waals surface area contributed by atoms with Gasteiger partial charge in [0.25, 0.3) is 0 Å². The lowest BCUT2D eigenvalue weighted by atomic mass is 10.3. The summed E-state index contributed by atoms with van der Waals surface area (Å²) >= 11 is 0. The Labute approximate surface area is 106 Å². The Balaban J connectivity index is 2.75. The summed E-state index contributed by atoms with van der Waals surface area (Å²) in [6, 6.07) is 7.41. The van der Waals surface area contributed by atoms with E-state index in [9.17, 15) is 13.2 Å². The number of aliphatic hydroxyl groups excluding tert-OH is 1. The average molecular weight is 269 g/mol. The Hall–Kier alpha value is -1.66. The number of hydrogen-bond acceptors (Lipinski definition) is 4. The highest BCUT2D eigenvalue weighted by molar-refractivity contribution is 7.94. The SMILES string of the molecule is CC(CO)NC(=O)/C=C/S(=O)(=O)c1ccccc1. The quantitative estimate of drug-likeness (QED) is 0.761. The van der Waals surface area contributed by atoms with Crippen LogP contribution in [0, 0.1) is 0 Å². The van der Waals surface area contributed by atoms with Crippen LogP contribution in [0.2, 0.25) is 0 Å². The first kappa shape index (κ1) is 14.4. The molecule has 0 saturated heterocycles. The molecule has 0 fully saturated rings. The summed E-state index contributed by atoms with van der Waals surface area (Å²) in [4.78, 5) is 11.4. The molecule has 0 spiro atoms. The molecule has 0 aliphatic rings. The zero-order valence-electron chi connectivity index (χ0n) is 9.91. The van der Waals surface area contributed by atoms with E-state index >= 15 is 0 Å². The largest absolute Gasteiger partial charge is 0.394 e. The van der Waals surface area contributed by atoms with E-state index in [4.69, 9.17) is 5.11 Å². The van der Waals surface area contributed by atoms with Crippen LogP contribution in [-0.2, 0) is 14.6 Å². The lowest BCUT2D eigenvalue weighted by Gasteiger charge is -2.07. The molecule has 0 aromatic heterocycles. The zero-order valence-corrected chi connectivity index (χ0v) is 10.7. The fourth-order valence-electron chi connectivity index (χ4n) is 1.18. The van der Waals surface area contributed by atoms with E-state index in [1.165, 1.54) is 12.1 Å². The summed E-state index contributed by atoms with van der Waals surface area (Å²) < 4.78 is 23.6. The van der Waals surface area contributed by atoms with Crippen molar-refractivity contribution in [1.29, 1.82) is 0 Å². The maximum atomic E-state index is 11.8. The third-order valence-corrected chi connectivity index (χ3v) is 3.56. The summed E-state index contributed by atoms with van der Waals surface area (Å²) in [6.45, 7) is 1.41. The van der Waals surface area contributed by atoms with E-state index in [-0.39, 0.29) is 11.5 Å². The second kappa shape index (κ2) is 6.32. The zero-order chi connectivity index (χ0) is 13.6. The van der Waals surface area contributed by atoms with E-state index in [0.29, 0.717) is 0 Å². The smallest absolute Gasteiger partial charge is 0.244 e. The molecule has 5 nitrogen and oxygen atoms in total. The predicted octanol–water partition coefficient (Wildman–Crippen LogP) is 0.471. The summed E-state index contributed by atoms with van der Waals surface area (Å²) in [5.74, 6) is -0.559. The van der Waals surface area contributed by atoms with Gasteiger partial charge in [-0.25, -0.2) is 8.42 Å². The van der Waals surface area contributed by atoms with Crippen molar-refractivity contribution in [2.24, 2.45) is 0 Å². The summed E-state index contributed by atoms with van der Waals surface area (Å²) in [7, 11) is -3.60. The van der Waals surface area contributed by atoms with Crippen LogP contribution < -0.4 is 5.32 Å². The third kappa shape index (κ3) is 4.31. The molecule has 1 rings (SSSR count). The molecular weight excluding hydrogens is 254 g/mol. The minimum atomic E-state index is -3.60. The van der Waals surface area contributed by atoms with Crippen molar-refractivity contribution in [2.75, 3.05) is 6.61 Å². The molecule has 0 saturated carbocycles. The topological polar surface area (TPSA) is 83.5 Å². The van der Waals surface area contributed by atoms with Crippen molar-refractivity contribution >= 4 is 15.7 Å². The highest BCUT2D eigenvalue weighted by atomic mass is 32.2. The summed E-state index contributed by atoms with van der Waals surface area (Å²) in [5.41, 5.74) is 0. The average Bonchev–Trinajstić information content (AvgIpc) is 2.37. The van der Waals surface area contributed by atoms with Gasteiger partial charge in [0.1, 0.15) is 0 Å². The van der Waals surface area contributed by atoms with Crippen molar-refractivity contribution in [3.05, 3.63) is 41.8 Å². The Bertz CT molecular complexity index is 522. The fraction of sp³-hybridized carbons (Fsp3) is 0.250. The minimum Gasteiger partial charge on any atom is -0.394 e. The van der Waals surface area contributed by atoms with Crippen LogP contribution in [0.3, 0.4) is 0 Å². The second-order valence-electron chi connectivity index (χ2n) is 3.75. The second-order valence-corrected chi connectivity index (χ2v) is 5.59. The van der Waals surface area contributed by atoms with Crippen molar-refractivity contribution in [2.45, 2.75) is 17.9 Å². The van der Waals surface area contributed by atoms with Crippen LogP contribution >= 0.6 is 0 Å². The molecule has 1 aromatic carbocycles. The number of rotatable bonds is 5. The molecule has 2 N–H and O–H groups in total. The van der Waals surface area contributed by atoms with Crippen LogP contribution in [0.15, 0.2) is 46.7 Å². The number of hydrogen-bond donors (Lipinski definition) is 2. The first-order valence-electron chi connectivity index (χ1n) is 5.35. The Morgan fingerprint density at radius 1 is 1.39 bits per heavy atom. The molecule has 6 heteroatoms. The van der Waals surface area contributed by atoms with E-state index in [1.54, 1.807) is 25.1 Å². The predicted molar refractivity (Wildman–Crippen MR) is 67.5 cm³/mol. The summed E-state index contributed by atoms with van der Waals surface area (Å²) in [6.07, 6.45) is 0.939. The van der Waals surface area contributed by atoms with Crippen LogP contribution in [-0.4, -0.2) is 32.1 Å². The van der Waals surface area contributed by atoms with Gasteiger partial charge in [-0.3, -0.25) is 4.79 Å². The molecule has 98 valence electrons. The first-order chi connectivity index (χ1) is 8.45. The molecule has 0 radical (unpaired) electrons. The molecule has 1 atom stereocenters. The molecular formula is C12H15NO4S. The van der Waals surface area contributed by atoms with Gasteiger partial charge in [0, 0.05) is 17.5 Å². The van der Waals surface area contributed by atoms with Gasteiger partial charge in [-0.15, -0.1) is 0 Å². The van der Waals surface area contributed by atoms with Gasteiger partial charge in [0.15, 0.2) is 9.84 Å². The highest BCUT2D eigenvalue weighted by Crippen LogP contribution is 2.10. The minimum absolute atomic E-state index is 0.129. The Kier molecular flexibility index (Phi) is 5.06. The number of carbonyl (C=O) groups excluding carboxylic acids is 1. The number of carbonyl (C=O) groups is 1. The number of aliphatic hydroxyl groups is 1. The van der Waals surface area contributed by atoms with Crippen molar-refractivity contribution in [3.8, 4) is 0 Å². The molecule has 0 heterocycles. The van der Waals surface area contributed by atoms with Gasteiger partial charge >= 0.3 is 0 Å². The fourth-order valence-corrected chi connectivity index (χ4v) is 2.17. The van der Waals surface area contributed by atoms with Gasteiger partial charge < -0.3 is 10.4 Å². The van der Waals surface area contributed by atoms with Gasteiger partial charge in [0.05, 0.1) is 11.5 Å². The number of benzene rings is 1. The standard InChI is InChI=1S/C12H15NO4S/c1-10(9-14)13-12(15)7-8-18(16,17)11-5-3-2-4-6-11/h2-8,10,14H,9H2,1H3,(H,13,15)/b8-7+. The maximum Gasteiger partial charge on any atom is 0.244 e. The third-order valence-electron chi connectivity index (χ3n) is 2.13. The lowest BCUT2D eigenvalue weighted by molar-refractivity contribution is -0.117. The van der Waals surface area contributed by atoms with Gasteiger partial charge in [-0.05, 0) is 19.1 Å². The van der Waals surface area contributed by atoms with Gasteiger partial charge in [0.2, 0.25) is 5.91 Å².